The molecule has 52 valence electrons. The second kappa shape index (κ2) is 2.08. The summed E-state index contributed by atoms with van der Waals surface area (Å²) >= 11 is 0. The summed E-state index contributed by atoms with van der Waals surface area (Å²) in [6.45, 7) is 2.25. The number of fused-ring (bicyclic) bond motifs is 1. The van der Waals surface area contributed by atoms with Gasteiger partial charge in [-0.2, -0.15) is 0 Å². The van der Waals surface area contributed by atoms with Gasteiger partial charge in [-0.25, -0.2) is 0 Å². The summed E-state index contributed by atoms with van der Waals surface area (Å²) in [4.78, 5) is 4.34. The third kappa shape index (κ3) is 0.737. The number of rotatable bonds is 0. The zero-order valence-corrected chi connectivity index (χ0v) is 6.17. The normalized spacial score (nSPS) is 22.7. The molecule has 1 aliphatic carbocycles. The fourth-order valence-corrected chi connectivity index (χ4v) is 1.61. The zero-order valence-electron chi connectivity index (χ0n) is 6.17. The minimum absolute atomic E-state index is 0.691. The van der Waals surface area contributed by atoms with E-state index in [4.69, 9.17) is 0 Å². The van der Waals surface area contributed by atoms with Gasteiger partial charge in [0.15, 0.2) is 0 Å². The lowest BCUT2D eigenvalue weighted by molar-refractivity contribution is 0.731. The van der Waals surface area contributed by atoms with E-state index in [2.05, 4.69) is 18.0 Å². The predicted molar refractivity (Wildman–Crippen MR) is 41.0 cm³/mol. The summed E-state index contributed by atoms with van der Waals surface area (Å²) in [5.41, 5.74) is 2.78. The highest BCUT2D eigenvalue weighted by atomic mass is 14.7. The maximum Gasteiger partial charge on any atom is 0.0463 e. The van der Waals surface area contributed by atoms with Gasteiger partial charge < -0.3 is 0 Å². The molecule has 1 aromatic heterocycles. The molecule has 0 saturated heterocycles. The third-order valence-electron chi connectivity index (χ3n) is 2.24. The maximum absolute atomic E-state index is 4.34. The van der Waals surface area contributed by atoms with Crippen molar-refractivity contribution >= 4 is 0 Å². The van der Waals surface area contributed by atoms with E-state index in [-0.39, 0.29) is 0 Å². The second-order valence-corrected chi connectivity index (χ2v) is 2.99. The number of aromatic nitrogens is 1. The lowest BCUT2D eigenvalue weighted by Gasteiger charge is -1.99. The van der Waals surface area contributed by atoms with Crippen LogP contribution in [0.1, 0.15) is 30.5 Å². The van der Waals surface area contributed by atoms with Gasteiger partial charge in [0.25, 0.3) is 0 Å². The number of nitrogens with zero attached hydrogens (tertiary/aromatic N) is 1. The van der Waals surface area contributed by atoms with E-state index in [0.29, 0.717) is 5.92 Å². The van der Waals surface area contributed by atoms with Crippen LogP contribution in [0.15, 0.2) is 18.3 Å². The molecule has 0 fully saturated rings. The van der Waals surface area contributed by atoms with Crippen molar-refractivity contribution in [2.24, 2.45) is 0 Å². The number of hydrogen-bond donors (Lipinski definition) is 0. The Morgan fingerprint density at radius 3 is 3.30 bits per heavy atom. The molecule has 2 rings (SSSR count). The second-order valence-electron chi connectivity index (χ2n) is 2.99. The summed E-state index contributed by atoms with van der Waals surface area (Å²) in [5, 5.41) is 0. The summed E-state index contributed by atoms with van der Waals surface area (Å²) < 4.78 is 0. The molecule has 1 aliphatic rings. The molecule has 0 radical (unpaired) electrons. The van der Waals surface area contributed by atoms with Gasteiger partial charge in [0.2, 0.25) is 0 Å². The van der Waals surface area contributed by atoms with Gasteiger partial charge in [-0.3, -0.25) is 4.98 Å². The highest BCUT2D eigenvalue weighted by molar-refractivity contribution is 5.27. The van der Waals surface area contributed by atoms with Crippen molar-refractivity contribution in [1.29, 1.82) is 0 Å². The molecule has 0 aromatic carbocycles. The molecule has 1 nitrogen and oxygen atoms in total. The van der Waals surface area contributed by atoms with Crippen molar-refractivity contribution in [3.63, 3.8) is 0 Å². The molecular formula is C9H11N. The lowest BCUT2D eigenvalue weighted by Crippen LogP contribution is -1.89. The third-order valence-corrected chi connectivity index (χ3v) is 2.24. The molecule has 1 heteroatoms. The van der Waals surface area contributed by atoms with Gasteiger partial charge in [-0.1, -0.05) is 13.0 Å². The fourth-order valence-electron chi connectivity index (χ4n) is 1.61. The van der Waals surface area contributed by atoms with E-state index < -0.39 is 0 Å². The molecule has 0 saturated carbocycles. The highest BCUT2D eigenvalue weighted by Gasteiger charge is 2.18. The van der Waals surface area contributed by atoms with Crippen LogP contribution in [-0.2, 0) is 6.42 Å². The Bertz CT molecular complexity index is 242. The van der Waals surface area contributed by atoms with Crippen LogP contribution in [0.25, 0.3) is 0 Å². The Kier molecular flexibility index (Phi) is 1.23. The number of hydrogen-bond acceptors (Lipinski definition) is 1. The van der Waals surface area contributed by atoms with Crippen LogP contribution in [0.5, 0.6) is 0 Å². The van der Waals surface area contributed by atoms with Crippen molar-refractivity contribution in [1.82, 2.24) is 4.98 Å². The first-order chi connectivity index (χ1) is 4.88. The molecule has 1 aromatic rings. The van der Waals surface area contributed by atoms with Crippen molar-refractivity contribution in [3.05, 3.63) is 29.6 Å². The Hall–Kier alpha value is -0.850. The topological polar surface area (TPSA) is 12.9 Å². The van der Waals surface area contributed by atoms with Crippen LogP contribution in [0.4, 0.5) is 0 Å². The van der Waals surface area contributed by atoms with Crippen molar-refractivity contribution < 1.29 is 0 Å². The van der Waals surface area contributed by atoms with Crippen molar-refractivity contribution in [3.8, 4) is 0 Å². The quantitative estimate of drug-likeness (QED) is 0.528. The Labute approximate surface area is 61.1 Å². The van der Waals surface area contributed by atoms with Gasteiger partial charge in [0, 0.05) is 11.9 Å². The average molecular weight is 133 g/mol. The largest absolute Gasteiger partial charge is 0.261 e. The molecule has 0 N–H and O–H groups in total. The lowest BCUT2D eigenvalue weighted by atomic mass is 10.1. The highest BCUT2D eigenvalue weighted by Crippen LogP contribution is 2.29. The monoisotopic (exact) mass is 133 g/mol. The minimum Gasteiger partial charge on any atom is -0.261 e. The smallest absolute Gasteiger partial charge is 0.0463 e. The summed E-state index contributed by atoms with van der Waals surface area (Å²) in [5.74, 6) is 0.691. The molecule has 0 amide bonds. The molecule has 10 heavy (non-hydrogen) atoms. The van der Waals surface area contributed by atoms with Gasteiger partial charge in [0.05, 0.1) is 0 Å². The van der Waals surface area contributed by atoms with Crippen LogP contribution in [0, 0.1) is 0 Å². The first kappa shape index (κ1) is 5.90. The number of pyridine rings is 1. The fraction of sp³-hybridized carbons (Fsp3) is 0.444. The van der Waals surface area contributed by atoms with Crippen LogP contribution in [-0.4, -0.2) is 4.98 Å². The van der Waals surface area contributed by atoms with Gasteiger partial charge in [-0.15, -0.1) is 0 Å². The molecular weight excluding hydrogens is 122 g/mol. The standard InChI is InChI=1S/C9H11N/c1-7-4-5-8-3-2-6-10-9(7)8/h2-3,6-7H,4-5H2,1H3/t7-/m1/s1. The molecule has 1 heterocycles. The van der Waals surface area contributed by atoms with Gasteiger partial charge in [-0.05, 0) is 30.4 Å². The van der Waals surface area contributed by atoms with Crippen molar-refractivity contribution in [2.45, 2.75) is 25.7 Å². The van der Waals surface area contributed by atoms with Gasteiger partial charge >= 0.3 is 0 Å². The predicted octanol–water partition coefficient (Wildman–Crippen LogP) is 2.13. The minimum atomic E-state index is 0.691. The Morgan fingerprint density at radius 1 is 1.60 bits per heavy atom. The Balaban J connectivity index is 2.51. The average Bonchev–Trinajstić information content (AvgIpc) is 2.34. The van der Waals surface area contributed by atoms with Crippen LogP contribution in [0.3, 0.4) is 0 Å². The zero-order chi connectivity index (χ0) is 6.97. The SMILES string of the molecule is C[C@@H]1CCc2cccnc21. The van der Waals surface area contributed by atoms with E-state index in [1.807, 2.05) is 12.3 Å². The molecule has 0 spiro atoms. The molecule has 1 atom stereocenters. The number of aryl methyl sites for hydroxylation is 1. The van der Waals surface area contributed by atoms with Gasteiger partial charge in [0.1, 0.15) is 0 Å². The maximum atomic E-state index is 4.34. The van der Waals surface area contributed by atoms with E-state index >= 15 is 0 Å². The molecule has 0 aliphatic heterocycles. The van der Waals surface area contributed by atoms with Crippen molar-refractivity contribution in [2.75, 3.05) is 0 Å². The van der Waals surface area contributed by atoms with E-state index in [1.54, 1.807) is 0 Å². The summed E-state index contributed by atoms with van der Waals surface area (Å²) in [6, 6.07) is 4.21. The first-order valence-electron chi connectivity index (χ1n) is 3.81. The van der Waals surface area contributed by atoms with Crippen LogP contribution in [0.2, 0.25) is 0 Å². The molecule has 0 unspecified atom stereocenters. The van der Waals surface area contributed by atoms with E-state index in [1.165, 1.54) is 24.1 Å². The van der Waals surface area contributed by atoms with E-state index in [9.17, 15) is 0 Å². The van der Waals surface area contributed by atoms with E-state index in [0.717, 1.165) is 0 Å². The van der Waals surface area contributed by atoms with Crippen LogP contribution < -0.4 is 0 Å². The molecule has 0 bridgehead atoms. The van der Waals surface area contributed by atoms with Crippen LogP contribution >= 0.6 is 0 Å². The summed E-state index contributed by atoms with van der Waals surface area (Å²) in [7, 11) is 0. The Morgan fingerprint density at radius 2 is 2.50 bits per heavy atom. The first-order valence-corrected chi connectivity index (χ1v) is 3.81. The summed E-state index contributed by atoms with van der Waals surface area (Å²) in [6.07, 6.45) is 4.40.